The van der Waals surface area contributed by atoms with Crippen molar-refractivity contribution in [1.29, 1.82) is 0 Å². The lowest BCUT2D eigenvalue weighted by Gasteiger charge is -2.31. The summed E-state index contributed by atoms with van der Waals surface area (Å²) in [7, 11) is 3.46. The first kappa shape index (κ1) is 20.6. The van der Waals surface area contributed by atoms with Crippen molar-refractivity contribution in [2.75, 3.05) is 14.1 Å². The lowest BCUT2D eigenvalue weighted by Crippen LogP contribution is -2.57. The van der Waals surface area contributed by atoms with Gasteiger partial charge in [-0.2, -0.15) is 0 Å². The van der Waals surface area contributed by atoms with E-state index in [1.54, 1.807) is 25.9 Å². The molecule has 0 aliphatic carbocycles. The van der Waals surface area contributed by atoms with E-state index in [2.05, 4.69) is 5.32 Å². The van der Waals surface area contributed by atoms with Crippen LogP contribution in [0.3, 0.4) is 0 Å². The third-order valence-corrected chi connectivity index (χ3v) is 3.26. The standard InChI is InChI=1S/C16H30N2O4/c1-15(2,3)22-14(21)11-9-7-8-10-13(20)17-16(4,12-19)18(5)6/h12H,7-11H2,1-6H3,(H,17,20)/t16-/m0/s1. The van der Waals surface area contributed by atoms with Crippen LogP contribution in [0.2, 0.25) is 0 Å². The molecule has 0 spiro atoms. The van der Waals surface area contributed by atoms with E-state index >= 15 is 0 Å². The molecule has 0 aromatic heterocycles. The zero-order chi connectivity index (χ0) is 17.4. The maximum atomic E-state index is 11.8. The van der Waals surface area contributed by atoms with E-state index in [1.807, 2.05) is 20.8 Å². The van der Waals surface area contributed by atoms with E-state index in [0.717, 1.165) is 6.42 Å². The molecular weight excluding hydrogens is 284 g/mol. The summed E-state index contributed by atoms with van der Waals surface area (Å²) in [6, 6.07) is 0. The Kier molecular flexibility index (Phi) is 8.30. The number of hydrogen-bond acceptors (Lipinski definition) is 5. The number of nitrogens with one attached hydrogen (secondary N) is 1. The van der Waals surface area contributed by atoms with E-state index in [9.17, 15) is 14.4 Å². The third kappa shape index (κ3) is 8.77. The maximum Gasteiger partial charge on any atom is 0.306 e. The maximum absolute atomic E-state index is 11.8. The molecule has 6 heteroatoms. The second-order valence-electron chi connectivity index (χ2n) is 6.86. The fourth-order valence-corrected chi connectivity index (χ4v) is 1.72. The highest BCUT2D eigenvalue weighted by Gasteiger charge is 2.27. The summed E-state index contributed by atoms with van der Waals surface area (Å²) in [6.07, 6.45) is 3.56. The monoisotopic (exact) mass is 314 g/mol. The van der Waals surface area contributed by atoms with Gasteiger partial charge < -0.3 is 10.1 Å². The topological polar surface area (TPSA) is 75.7 Å². The summed E-state index contributed by atoms with van der Waals surface area (Å²) < 4.78 is 5.21. The second kappa shape index (κ2) is 8.88. The predicted octanol–water partition coefficient (Wildman–Crippen LogP) is 1.87. The van der Waals surface area contributed by atoms with Crippen molar-refractivity contribution in [3.63, 3.8) is 0 Å². The first-order valence-electron chi connectivity index (χ1n) is 7.67. The number of esters is 1. The van der Waals surface area contributed by atoms with Crippen LogP contribution in [0.25, 0.3) is 0 Å². The van der Waals surface area contributed by atoms with Crippen molar-refractivity contribution in [2.24, 2.45) is 0 Å². The molecular formula is C16H30N2O4. The van der Waals surface area contributed by atoms with E-state index in [0.29, 0.717) is 32.0 Å². The highest BCUT2D eigenvalue weighted by molar-refractivity contribution is 5.81. The Morgan fingerprint density at radius 2 is 1.59 bits per heavy atom. The smallest absolute Gasteiger partial charge is 0.306 e. The van der Waals surface area contributed by atoms with Gasteiger partial charge in [0, 0.05) is 12.8 Å². The zero-order valence-corrected chi connectivity index (χ0v) is 14.7. The van der Waals surface area contributed by atoms with Crippen LogP contribution >= 0.6 is 0 Å². The minimum Gasteiger partial charge on any atom is -0.460 e. The van der Waals surface area contributed by atoms with Crippen molar-refractivity contribution >= 4 is 18.2 Å². The molecule has 0 aliphatic heterocycles. The molecule has 0 unspecified atom stereocenters. The predicted molar refractivity (Wildman–Crippen MR) is 85.2 cm³/mol. The third-order valence-electron chi connectivity index (χ3n) is 3.26. The van der Waals surface area contributed by atoms with Crippen molar-refractivity contribution in [1.82, 2.24) is 10.2 Å². The van der Waals surface area contributed by atoms with Crippen LogP contribution in [0.4, 0.5) is 0 Å². The summed E-state index contributed by atoms with van der Waals surface area (Å²) in [5.74, 6) is -0.376. The number of ether oxygens (including phenoxy) is 1. The van der Waals surface area contributed by atoms with Gasteiger partial charge >= 0.3 is 5.97 Å². The molecule has 0 saturated carbocycles. The van der Waals surface area contributed by atoms with Gasteiger partial charge in [0.05, 0.1) is 0 Å². The number of rotatable bonds is 9. The largest absolute Gasteiger partial charge is 0.460 e. The van der Waals surface area contributed by atoms with Gasteiger partial charge in [-0.1, -0.05) is 6.42 Å². The number of carbonyl (C=O) groups excluding carboxylic acids is 3. The van der Waals surface area contributed by atoms with Gasteiger partial charge in [-0.05, 0) is 54.6 Å². The minimum absolute atomic E-state index is 0.166. The molecule has 0 rings (SSSR count). The quantitative estimate of drug-likeness (QED) is 0.304. The van der Waals surface area contributed by atoms with Crippen LogP contribution in [0.15, 0.2) is 0 Å². The highest BCUT2D eigenvalue weighted by Crippen LogP contribution is 2.11. The molecule has 0 fully saturated rings. The second-order valence-corrected chi connectivity index (χ2v) is 6.86. The lowest BCUT2D eigenvalue weighted by molar-refractivity contribution is -0.154. The Morgan fingerprint density at radius 3 is 2.05 bits per heavy atom. The number of likely N-dealkylation sites (N-methyl/N-ethyl adjacent to an activating group) is 1. The van der Waals surface area contributed by atoms with Gasteiger partial charge in [-0.15, -0.1) is 0 Å². The Labute approximate surface area is 133 Å². The minimum atomic E-state index is -0.979. The Balaban J connectivity index is 3.91. The summed E-state index contributed by atoms with van der Waals surface area (Å²) in [5, 5.41) is 2.70. The summed E-state index contributed by atoms with van der Waals surface area (Å²) in [5.41, 5.74) is -1.43. The fourth-order valence-electron chi connectivity index (χ4n) is 1.72. The van der Waals surface area contributed by atoms with Crippen LogP contribution in [0, 0.1) is 0 Å². The molecule has 0 saturated heterocycles. The van der Waals surface area contributed by atoms with Crippen LogP contribution < -0.4 is 5.32 Å². The average Bonchev–Trinajstić information content (AvgIpc) is 2.35. The summed E-state index contributed by atoms with van der Waals surface area (Å²) in [6.45, 7) is 7.17. The van der Waals surface area contributed by atoms with Gasteiger partial charge in [0.1, 0.15) is 11.3 Å². The van der Waals surface area contributed by atoms with Crippen LogP contribution in [-0.4, -0.2) is 48.4 Å². The Morgan fingerprint density at radius 1 is 1.05 bits per heavy atom. The van der Waals surface area contributed by atoms with E-state index < -0.39 is 11.3 Å². The molecule has 0 aromatic carbocycles. The van der Waals surface area contributed by atoms with Crippen LogP contribution in [0.5, 0.6) is 0 Å². The van der Waals surface area contributed by atoms with E-state index in [-0.39, 0.29) is 11.9 Å². The van der Waals surface area contributed by atoms with Crippen molar-refractivity contribution in [3.05, 3.63) is 0 Å². The molecule has 22 heavy (non-hydrogen) atoms. The molecule has 0 bridgehead atoms. The van der Waals surface area contributed by atoms with Crippen LogP contribution in [0.1, 0.15) is 59.8 Å². The number of hydrogen-bond donors (Lipinski definition) is 1. The van der Waals surface area contributed by atoms with Gasteiger partial charge in [0.15, 0.2) is 6.29 Å². The number of aldehydes is 1. The lowest BCUT2D eigenvalue weighted by atomic mass is 10.1. The normalized spacial score (nSPS) is 14.3. The molecule has 6 nitrogen and oxygen atoms in total. The summed E-state index contributed by atoms with van der Waals surface area (Å²) >= 11 is 0. The molecule has 128 valence electrons. The zero-order valence-electron chi connectivity index (χ0n) is 14.7. The molecule has 1 amide bonds. The van der Waals surface area contributed by atoms with Crippen molar-refractivity contribution < 1.29 is 19.1 Å². The van der Waals surface area contributed by atoms with Gasteiger partial charge in [-0.3, -0.25) is 19.3 Å². The molecule has 0 aromatic rings. The van der Waals surface area contributed by atoms with Crippen LogP contribution in [-0.2, 0) is 19.1 Å². The van der Waals surface area contributed by atoms with E-state index in [4.69, 9.17) is 4.74 Å². The average molecular weight is 314 g/mol. The number of carbonyl (C=O) groups is 3. The van der Waals surface area contributed by atoms with Crippen molar-refractivity contribution in [2.45, 2.75) is 71.1 Å². The fraction of sp³-hybridized carbons (Fsp3) is 0.812. The number of amides is 1. The molecule has 1 N–H and O–H groups in total. The van der Waals surface area contributed by atoms with Gasteiger partial charge in [-0.25, -0.2) is 0 Å². The highest BCUT2D eigenvalue weighted by atomic mass is 16.6. The molecule has 1 atom stereocenters. The number of nitrogens with zero attached hydrogens (tertiary/aromatic N) is 1. The molecule has 0 heterocycles. The first-order chi connectivity index (χ1) is 10.00. The Hall–Kier alpha value is -1.43. The molecule has 0 aliphatic rings. The molecule has 0 radical (unpaired) electrons. The first-order valence-corrected chi connectivity index (χ1v) is 7.67. The van der Waals surface area contributed by atoms with Crippen molar-refractivity contribution in [3.8, 4) is 0 Å². The summed E-state index contributed by atoms with van der Waals surface area (Å²) in [4.78, 5) is 36.0. The Bertz CT molecular complexity index is 388. The van der Waals surface area contributed by atoms with Gasteiger partial charge in [0.25, 0.3) is 0 Å². The van der Waals surface area contributed by atoms with Gasteiger partial charge in [0.2, 0.25) is 5.91 Å². The van der Waals surface area contributed by atoms with E-state index in [1.165, 1.54) is 0 Å². The number of unbranched alkanes of at least 4 members (excludes halogenated alkanes) is 2. The SMILES string of the molecule is CN(C)[C@@](C)(C=O)NC(=O)CCCCCC(=O)OC(C)(C)C.